The van der Waals surface area contributed by atoms with E-state index >= 15 is 0 Å². The van der Waals surface area contributed by atoms with Gasteiger partial charge in [0.2, 0.25) is 11.8 Å². The number of hydrogen-bond donors (Lipinski definition) is 3. The SMILES string of the molecule is C=CCNC(=O)c1ccccc1NC(=O)CNC(=O)C12CC3CC(CC(C3)C1)C2. The van der Waals surface area contributed by atoms with Crippen LogP contribution in [0.1, 0.15) is 48.9 Å². The summed E-state index contributed by atoms with van der Waals surface area (Å²) < 4.78 is 0. The zero-order valence-corrected chi connectivity index (χ0v) is 16.7. The molecule has 0 aromatic heterocycles. The first kappa shape index (κ1) is 19.7. The van der Waals surface area contributed by atoms with E-state index in [2.05, 4.69) is 22.5 Å². The van der Waals surface area contributed by atoms with E-state index in [1.807, 2.05) is 0 Å². The monoisotopic (exact) mass is 395 g/mol. The molecule has 4 aliphatic rings. The Bertz CT molecular complexity index is 797. The summed E-state index contributed by atoms with van der Waals surface area (Å²) in [6, 6.07) is 6.84. The van der Waals surface area contributed by atoms with Gasteiger partial charge in [0.05, 0.1) is 17.8 Å². The van der Waals surface area contributed by atoms with Gasteiger partial charge in [-0.15, -0.1) is 6.58 Å². The highest BCUT2D eigenvalue weighted by Crippen LogP contribution is 2.60. The molecule has 0 spiro atoms. The highest BCUT2D eigenvalue weighted by Gasteiger charge is 2.54. The maximum Gasteiger partial charge on any atom is 0.253 e. The quantitative estimate of drug-likeness (QED) is 0.621. The molecule has 0 heterocycles. The van der Waals surface area contributed by atoms with Crippen LogP contribution in [-0.2, 0) is 9.59 Å². The molecule has 0 aliphatic heterocycles. The smallest absolute Gasteiger partial charge is 0.253 e. The van der Waals surface area contributed by atoms with Gasteiger partial charge < -0.3 is 16.0 Å². The molecule has 4 aliphatic carbocycles. The maximum atomic E-state index is 13.0. The molecule has 0 atom stereocenters. The zero-order chi connectivity index (χ0) is 20.4. The molecule has 4 bridgehead atoms. The van der Waals surface area contributed by atoms with E-state index in [9.17, 15) is 14.4 Å². The number of carbonyl (C=O) groups excluding carboxylic acids is 3. The van der Waals surface area contributed by atoms with Crippen molar-refractivity contribution in [2.24, 2.45) is 23.2 Å². The summed E-state index contributed by atoms with van der Waals surface area (Å²) in [5, 5.41) is 8.34. The molecule has 0 radical (unpaired) electrons. The molecule has 6 nitrogen and oxygen atoms in total. The number of rotatable bonds is 7. The minimum atomic E-state index is -0.327. The number of hydrogen-bond acceptors (Lipinski definition) is 3. The van der Waals surface area contributed by atoms with E-state index in [0.29, 0.717) is 35.5 Å². The summed E-state index contributed by atoms with van der Waals surface area (Å²) in [7, 11) is 0. The van der Waals surface area contributed by atoms with Gasteiger partial charge in [-0.2, -0.15) is 0 Å². The van der Waals surface area contributed by atoms with Crippen LogP contribution in [0.4, 0.5) is 5.69 Å². The zero-order valence-electron chi connectivity index (χ0n) is 16.7. The third-order valence-electron chi connectivity index (χ3n) is 6.78. The summed E-state index contributed by atoms with van der Waals surface area (Å²) >= 11 is 0. The van der Waals surface area contributed by atoms with Crippen molar-refractivity contribution in [1.82, 2.24) is 10.6 Å². The molecule has 0 saturated heterocycles. The molecular weight excluding hydrogens is 366 g/mol. The largest absolute Gasteiger partial charge is 0.349 e. The summed E-state index contributed by atoms with van der Waals surface area (Å²) in [6.07, 6.45) is 8.34. The molecule has 154 valence electrons. The first-order chi connectivity index (χ1) is 14.0. The lowest BCUT2D eigenvalue weighted by atomic mass is 9.49. The Morgan fingerprint density at radius 2 is 1.62 bits per heavy atom. The molecule has 3 N–H and O–H groups in total. The van der Waals surface area contributed by atoms with E-state index in [4.69, 9.17) is 0 Å². The first-order valence-corrected chi connectivity index (χ1v) is 10.6. The predicted molar refractivity (Wildman–Crippen MR) is 111 cm³/mol. The molecule has 29 heavy (non-hydrogen) atoms. The van der Waals surface area contributed by atoms with Gasteiger partial charge >= 0.3 is 0 Å². The van der Waals surface area contributed by atoms with Gasteiger partial charge in [-0.1, -0.05) is 18.2 Å². The van der Waals surface area contributed by atoms with Crippen LogP contribution in [0.5, 0.6) is 0 Å². The van der Waals surface area contributed by atoms with Crippen LogP contribution < -0.4 is 16.0 Å². The van der Waals surface area contributed by atoms with Crippen molar-refractivity contribution in [2.45, 2.75) is 38.5 Å². The molecule has 3 amide bonds. The number of para-hydroxylation sites is 1. The minimum Gasteiger partial charge on any atom is -0.349 e. The predicted octanol–water partition coefficient (Wildman–Crippen LogP) is 2.87. The van der Waals surface area contributed by atoms with Crippen LogP contribution in [-0.4, -0.2) is 30.8 Å². The third kappa shape index (κ3) is 4.07. The average Bonchev–Trinajstić information content (AvgIpc) is 2.69. The summed E-state index contributed by atoms with van der Waals surface area (Å²) in [4.78, 5) is 37.7. The Morgan fingerprint density at radius 3 is 2.24 bits per heavy atom. The number of anilines is 1. The second kappa shape index (κ2) is 8.01. The van der Waals surface area contributed by atoms with Gasteiger partial charge in [0.15, 0.2) is 0 Å². The Hall–Kier alpha value is -2.63. The number of benzene rings is 1. The molecule has 6 heteroatoms. The van der Waals surface area contributed by atoms with Crippen LogP contribution in [0.3, 0.4) is 0 Å². The average molecular weight is 396 g/mol. The molecule has 5 rings (SSSR count). The minimum absolute atomic E-state index is 0.0313. The van der Waals surface area contributed by atoms with Crippen LogP contribution >= 0.6 is 0 Å². The lowest BCUT2D eigenvalue weighted by Gasteiger charge is -2.55. The topological polar surface area (TPSA) is 87.3 Å². The van der Waals surface area contributed by atoms with Crippen molar-refractivity contribution < 1.29 is 14.4 Å². The fourth-order valence-electron chi connectivity index (χ4n) is 5.98. The third-order valence-corrected chi connectivity index (χ3v) is 6.78. The Balaban J connectivity index is 1.35. The lowest BCUT2D eigenvalue weighted by molar-refractivity contribution is -0.146. The Kier molecular flexibility index (Phi) is 5.43. The maximum absolute atomic E-state index is 13.0. The van der Waals surface area contributed by atoms with Crippen molar-refractivity contribution in [3.05, 3.63) is 42.5 Å². The number of amides is 3. The molecular formula is C23H29N3O3. The molecule has 1 aromatic rings. The Labute approximate surface area is 171 Å². The highest BCUT2D eigenvalue weighted by atomic mass is 16.2. The van der Waals surface area contributed by atoms with E-state index < -0.39 is 0 Å². The van der Waals surface area contributed by atoms with Gasteiger partial charge in [0.1, 0.15) is 0 Å². The van der Waals surface area contributed by atoms with Gasteiger partial charge in [-0.25, -0.2) is 0 Å². The first-order valence-electron chi connectivity index (χ1n) is 10.6. The molecule has 1 aromatic carbocycles. The van der Waals surface area contributed by atoms with Crippen LogP contribution in [0, 0.1) is 23.2 Å². The van der Waals surface area contributed by atoms with Crippen molar-refractivity contribution in [1.29, 1.82) is 0 Å². The fraction of sp³-hybridized carbons (Fsp3) is 0.522. The van der Waals surface area contributed by atoms with E-state index in [1.54, 1.807) is 30.3 Å². The summed E-state index contributed by atoms with van der Waals surface area (Å²) in [5.41, 5.74) is 0.551. The Morgan fingerprint density at radius 1 is 1.00 bits per heavy atom. The molecule has 4 fully saturated rings. The van der Waals surface area contributed by atoms with Crippen molar-refractivity contribution in [2.75, 3.05) is 18.4 Å². The van der Waals surface area contributed by atoms with Crippen LogP contribution in [0.15, 0.2) is 36.9 Å². The highest BCUT2D eigenvalue weighted by molar-refractivity contribution is 6.04. The lowest BCUT2D eigenvalue weighted by Crippen LogP contribution is -2.54. The summed E-state index contributed by atoms with van der Waals surface area (Å²) in [6.45, 7) is 3.85. The number of nitrogens with one attached hydrogen (secondary N) is 3. The second-order valence-corrected chi connectivity index (χ2v) is 8.97. The summed E-state index contributed by atoms with van der Waals surface area (Å²) in [5.74, 6) is 1.47. The normalized spacial score (nSPS) is 29.2. The van der Waals surface area contributed by atoms with Gasteiger partial charge in [-0.3, -0.25) is 14.4 Å². The second-order valence-electron chi connectivity index (χ2n) is 8.97. The fourth-order valence-corrected chi connectivity index (χ4v) is 5.98. The van der Waals surface area contributed by atoms with Crippen LogP contribution in [0.25, 0.3) is 0 Å². The van der Waals surface area contributed by atoms with Crippen molar-refractivity contribution in [3.8, 4) is 0 Å². The van der Waals surface area contributed by atoms with E-state index in [-0.39, 0.29) is 29.7 Å². The van der Waals surface area contributed by atoms with E-state index in [0.717, 1.165) is 19.3 Å². The van der Waals surface area contributed by atoms with Gasteiger partial charge in [0.25, 0.3) is 5.91 Å². The van der Waals surface area contributed by atoms with Crippen LogP contribution in [0.2, 0.25) is 0 Å². The molecule has 4 saturated carbocycles. The van der Waals surface area contributed by atoms with Crippen molar-refractivity contribution in [3.63, 3.8) is 0 Å². The van der Waals surface area contributed by atoms with E-state index in [1.165, 1.54) is 19.3 Å². The van der Waals surface area contributed by atoms with Crippen molar-refractivity contribution >= 4 is 23.4 Å². The van der Waals surface area contributed by atoms with Gasteiger partial charge in [0, 0.05) is 12.0 Å². The standard InChI is InChI=1S/C23H29N3O3/c1-2-7-24-21(28)18-5-3-4-6-19(18)26-20(27)14-25-22(29)23-11-15-8-16(12-23)10-17(9-15)13-23/h2-6,15-17H,1,7-14H2,(H,24,28)(H,25,29)(H,26,27). The molecule has 0 unspecified atom stereocenters. The number of carbonyl (C=O) groups is 3. The van der Waals surface area contributed by atoms with Gasteiger partial charge in [-0.05, 0) is 68.4 Å².